The molecule has 56 valence electrons. The number of ether oxygens (including phenoxy) is 1. The van der Waals surface area contributed by atoms with Crippen molar-refractivity contribution in [1.82, 2.24) is 5.32 Å². The highest BCUT2D eigenvalue weighted by atomic mass is 16.6. The summed E-state index contributed by atoms with van der Waals surface area (Å²) in [5.74, 6) is -0.598. The van der Waals surface area contributed by atoms with Crippen LogP contribution in [0.2, 0.25) is 0 Å². The molecule has 10 heavy (non-hydrogen) atoms. The molecule has 0 aromatic carbocycles. The summed E-state index contributed by atoms with van der Waals surface area (Å²) in [4.78, 5) is 21.5. The Kier molecular flexibility index (Phi) is 1.61. The lowest BCUT2D eigenvalue weighted by Gasteiger charge is -2.23. The summed E-state index contributed by atoms with van der Waals surface area (Å²) in [6.07, 6.45) is -0.635. The summed E-state index contributed by atoms with van der Waals surface area (Å²) < 4.78 is 4.66. The van der Waals surface area contributed by atoms with Crippen molar-refractivity contribution in [3.63, 3.8) is 0 Å². The first-order chi connectivity index (χ1) is 4.61. The van der Waals surface area contributed by atoms with Gasteiger partial charge in [0.05, 0.1) is 0 Å². The Labute approximate surface area is 58.5 Å². The van der Waals surface area contributed by atoms with Gasteiger partial charge in [0.15, 0.2) is 6.10 Å². The predicted octanol–water partition coefficient (Wildman–Crippen LogP) is -0.564. The van der Waals surface area contributed by atoms with E-state index in [1.807, 2.05) is 0 Å². The average molecular weight is 143 g/mol. The number of morpholine rings is 1. The average Bonchev–Trinajstić information content (AvgIpc) is 1.84. The second-order valence-corrected chi connectivity index (χ2v) is 2.31. The first-order valence-electron chi connectivity index (χ1n) is 3.12. The van der Waals surface area contributed by atoms with Gasteiger partial charge in [-0.15, -0.1) is 0 Å². The van der Waals surface area contributed by atoms with E-state index in [2.05, 4.69) is 10.1 Å². The van der Waals surface area contributed by atoms with E-state index < -0.39 is 12.1 Å². The van der Waals surface area contributed by atoms with E-state index in [1.54, 1.807) is 13.8 Å². The van der Waals surface area contributed by atoms with E-state index in [0.29, 0.717) is 0 Å². The van der Waals surface area contributed by atoms with Crippen LogP contribution in [0.3, 0.4) is 0 Å². The Hall–Kier alpha value is -1.06. The first kappa shape index (κ1) is 7.05. The van der Waals surface area contributed by atoms with Crippen LogP contribution in [0.15, 0.2) is 0 Å². The van der Waals surface area contributed by atoms with Crippen molar-refractivity contribution in [3.8, 4) is 0 Å². The number of hydrogen-bond donors (Lipinski definition) is 1. The molecule has 1 heterocycles. The fourth-order valence-corrected chi connectivity index (χ4v) is 0.719. The van der Waals surface area contributed by atoms with Crippen molar-refractivity contribution < 1.29 is 14.3 Å². The summed E-state index contributed by atoms with van der Waals surface area (Å²) in [7, 11) is 0. The van der Waals surface area contributed by atoms with E-state index in [1.165, 1.54) is 0 Å². The molecule has 1 saturated heterocycles. The van der Waals surface area contributed by atoms with Crippen LogP contribution >= 0.6 is 0 Å². The third-order valence-electron chi connectivity index (χ3n) is 1.37. The van der Waals surface area contributed by atoms with Crippen LogP contribution in [0, 0.1) is 0 Å². The molecule has 4 nitrogen and oxygen atoms in total. The van der Waals surface area contributed by atoms with Crippen LogP contribution < -0.4 is 5.32 Å². The van der Waals surface area contributed by atoms with Gasteiger partial charge in [-0.1, -0.05) is 0 Å². The highest BCUT2D eigenvalue weighted by molar-refractivity contribution is 5.91. The molecule has 2 atom stereocenters. The molecule has 1 N–H and O–H groups in total. The standard InChI is InChI=1S/C6H9NO3/c1-3-6(9)10-4(2)5(8)7-3/h3-4H,1-2H3,(H,7,8)/t3-,4?/m0/s1. The third-order valence-corrected chi connectivity index (χ3v) is 1.37. The number of carbonyl (C=O) groups excluding carboxylic acids is 2. The summed E-state index contributed by atoms with van der Waals surface area (Å²) in [6, 6.07) is -0.497. The van der Waals surface area contributed by atoms with Gasteiger partial charge >= 0.3 is 5.97 Å². The van der Waals surface area contributed by atoms with Gasteiger partial charge in [0.1, 0.15) is 6.04 Å². The van der Waals surface area contributed by atoms with Gasteiger partial charge in [0.25, 0.3) is 5.91 Å². The molecular formula is C6H9NO3. The lowest BCUT2D eigenvalue weighted by molar-refractivity contribution is -0.163. The molecule has 1 fully saturated rings. The monoisotopic (exact) mass is 143 g/mol. The maximum Gasteiger partial charge on any atom is 0.329 e. The smallest absolute Gasteiger partial charge is 0.329 e. The van der Waals surface area contributed by atoms with E-state index >= 15 is 0 Å². The number of nitrogens with one attached hydrogen (secondary N) is 1. The molecule has 1 aliphatic heterocycles. The molecule has 1 rings (SSSR count). The Morgan fingerprint density at radius 3 is 2.50 bits per heavy atom. The van der Waals surface area contributed by atoms with Crippen molar-refractivity contribution >= 4 is 11.9 Å². The van der Waals surface area contributed by atoms with Gasteiger partial charge < -0.3 is 10.1 Å². The number of rotatable bonds is 0. The zero-order valence-electron chi connectivity index (χ0n) is 5.88. The van der Waals surface area contributed by atoms with E-state index in [-0.39, 0.29) is 11.9 Å². The van der Waals surface area contributed by atoms with Crippen LogP contribution in [0.5, 0.6) is 0 Å². The lowest BCUT2D eigenvalue weighted by atomic mass is 10.2. The number of cyclic esters (lactones) is 1. The Morgan fingerprint density at radius 2 is 2.00 bits per heavy atom. The van der Waals surface area contributed by atoms with Gasteiger partial charge in [0, 0.05) is 0 Å². The number of carbonyl (C=O) groups is 2. The van der Waals surface area contributed by atoms with Gasteiger partial charge in [-0.05, 0) is 13.8 Å². The van der Waals surface area contributed by atoms with E-state index in [9.17, 15) is 9.59 Å². The van der Waals surface area contributed by atoms with Crippen molar-refractivity contribution in [1.29, 1.82) is 0 Å². The minimum absolute atomic E-state index is 0.230. The summed E-state index contributed by atoms with van der Waals surface area (Å²) in [5.41, 5.74) is 0. The molecule has 0 aliphatic carbocycles. The zero-order chi connectivity index (χ0) is 7.72. The number of amides is 1. The van der Waals surface area contributed by atoms with E-state index in [0.717, 1.165) is 0 Å². The lowest BCUT2D eigenvalue weighted by Crippen LogP contribution is -2.51. The first-order valence-corrected chi connectivity index (χ1v) is 3.12. The van der Waals surface area contributed by atoms with Gasteiger partial charge in [-0.3, -0.25) is 4.79 Å². The fourth-order valence-electron chi connectivity index (χ4n) is 0.719. The van der Waals surface area contributed by atoms with Crippen LogP contribution in [0.4, 0.5) is 0 Å². The SMILES string of the molecule is CC1OC(=O)[C@H](C)NC1=O. The van der Waals surface area contributed by atoms with Gasteiger partial charge in [-0.25, -0.2) is 4.79 Å². The normalized spacial score (nSPS) is 33.0. The number of hydrogen-bond acceptors (Lipinski definition) is 3. The second kappa shape index (κ2) is 2.28. The molecule has 0 spiro atoms. The molecule has 0 aromatic heterocycles. The summed E-state index contributed by atoms with van der Waals surface area (Å²) >= 11 is 0. The van der Waals surface area contributed by atoms with Crippen molar-refractivity contribution in [2.24, 2.45) is 0 Å². The Bertz CT molecular complexity index is 158. The van der Waals surface area contributed by atoms with E-state index in [4.69, 9.17) is 0 Å². The molecule has 0 saturated carbocycles. The molecule has 0 aromatic rings. The predicted molar refractivity (Wildman–Crippen MR) is 33.2 cm³/mol. The molecule has 4 heteroatoms. The fraction of sp³-hybridized carbons (Fsp3) is 0.667. The van der Waals surface area contributed by atoms with Crippen LogP contribution in [-0.4, -0.2) is 24.0 Å². The topological polar surface area (TPSA) is 55.4 Å². The highest BCUT2D eigenvalue weighted by Crippen LogP contribution is 2.02. The largest absolute Gasteiger partial charge is 0.451 e. The maximum atomic E-state index is 10.8. The van der Waals surface area contributed by atoms with Crippen LogP contribution in [0.25, 0.3) is 0 Å². The van der Waals surface area contributed by atoms with Crippen molar-refractivity contribution in [2.45, 2.75) is 26.0 Å². The third kappa shape index (κ3) is 1.10. The number of esters is 1. The van der Waals surface area contributed by atoms with Crippen molar-refractivity contribution in [2.75, 3.05) is 0 Å². The molecular weight excluding hydrogens is 134 g/mol. The molecule has 1 aliphatic rings. The van der Waals surface area contributed by atoms with Gasteiger partial charge in [0.2, 0.25) is 0 Å². The van der Waals surface area contributed by atoms with Crippen LogP contribution in [0.1, 0.15) is 13.8 Å². The zero-order valence-corrected chi connectivity index (χ0v) is 5.88. The maximum absolute atomic E-state index is 10.8. The summed E-state index contributed by atoms with van der Waals surface area (Å²) in [6.45, 7) is 3.13. The second-order valence-electron chi connectivity index (χ2n) is 2.31. The molecule has 1 unspecified atom stereocenters. The Morgan fingerprint density at radius 1 is 1.40 bits per heavy atom. The van der Waals surface area contributed by atoms with Crippen LogP contribution in [-0.2, 0) is 14.3 Å². The van der Waals surface area contributed by atoms with Gasteiger partial charge in [-0.2, -0.15) is 0 Å². The Balaban J connectivity index is 2.63. The highest BCUT2D eigenvalue weighted by Gasteiger charge is 2.29. The molecule has 0 bridgehead atoms. The summed E-state index contributed by atoms with van der Waals surface area (Å²) in [5, 5.41) is 2.47. The minimum atomic E-state index is -0.635. The molecule has 0 radical (unpaired) electrons. The molecule has 1 amide bonds. The minimum Gasteiger partial charge on any atom is -0.451 e. The quantitative estimate of drug-likeness (QED) is 0.462. The van der Waals surface area contributed by atoms with Crippen molar-refractivity contribution in [3.05, 3.63) is 0 Å².